The summed E-state index contributed by atoms with van der Waals surface area (Å²) in [5.74, 6) is 0.668. The second kappa shape index (κ2) is 4.07. The van der Waals surface area contributed by atoms with E-state index in [4.69, 9.17) is 16.3 Å². The summed E-state index contributed by atoms with van der Waals surface area (Å²) < 4.78 is 5.14. The predicted octanol–water partition coefficient (Wildman–Crippen LogP) is 3.46. The number of benzene rings is 1. The van der Waals surface area contributed by atoms with Crippen LogP contribution in [0.5, 0.6) is 5.75 Å². The van der Waals surface area contributed by atoms with Crippen molar-refractivity contribution in [2.75, 3.05) is 7.11 Å². The molecule has 0 aliphatic heterocycles. The minimum absolute atomic E-state index is 0.625. The second-order valence-corrected chi connectivity index (χ2v) is 3.78. The lowest BCUT2D eigenvalue weighted by atomic mass is 10.1. The minimum Gasteiger partial charge on any atom is -0.495 e. The van der Waals surface area contributed by atoms with Crippen molar-refractivity contribution in [3.63, 3.8) is 0 Å². The number of rotatable bonds is 2. The summed E-state index contributed by atoms with van der Waals surface area (Å²) in [7, 11) is 1.60. The largest absolute Gasteiger partial charge is 0.495 e. The number of hydrogen-bond acceptors (Lipinski definition) is 2. The molecule has 0 fully saturated rings. The van der Waals surface area contributed by atoms with Crippen LogP contribution < -0.4 is 4.74 Å². The van der Waals surface area contributed by atoms with Gasteiger partial charge in [-0.1, -0.05) is 18.5 Å². The highest BCUT2D eigenvalue weighted by Gasteiger charge is 2.04. The number of halogens is 1. The van der Waals surface area contributed by atoms with Gasteiger partial charge in [0.2, 0.25) is 0 Å². The van der Waals surface area contributed by atoms with E-state index in [0.29, 0.717) is 10.8 Å². The second-order valence-electron chi connectivity index (χ2n) is 3.38. The lowest BCUT2D eigenvalue weighted by molar-refractivity contribution is 0.415. The SMILES string of the molecule is CCc1cnc2cc(OC)c(Cl)cc2c1. The van der Waals surface area contributed by atoms with Crippen molar-refractivity contribution in [3.05, 3.63) is 35.0 Å². The average Bonchev–Trinajstić information content (AvgIpc) is 2.27. The Labute approximate surface area is 93.8 Å². The molecule has 0 saturated heterocycles. The Balaban J connectivity index is 2.65. The van der Waals surface area contributed by atoms with E-state index in [1.807, 2.05) is 18.3 Å². The molecular weight excluding hydrogens is 210 g/mol. The summed E-state index contributed by atoms with van der Waals surface area (Å²) in [6, 6.07) is 5.85. The number of fused-ring (bicyclic) bond motifs is 1. The molecule has 0 N–H and O–H groups in total. The van der Waals surface area contributed by atoms with Crippen LogP contribution in [0.3, 0.4) is 0 Å². The first-order valence-corrected chi connectivity index (χ1v) is 5.24. The van der Waals surface area contributed by atoms with E-state index in [9.17, 15) is 0 Å². The van der Waals surface area contributed by atoms with E-state index in [1.165, 1.54) is 5.56 Å². The topological polar surface area (TPSA) is 22.1 Å². The molecule has 78 valence electrons. The summed E-state index contributed by atoms with van der Waals surface area (Å²) in [5.41, 5.74) is 2.12. The molecule has 2 rings (SSSR count). The van der Waals surface area contributed by atoms with E-state index in [1.54, 1.807) is 7.11 Å². The molecule has 1 aromatic heterocycles. The van der Waals surface area contributed by atoms with Crippen molar-refractivity contribution >= 4 is 22.5 Å². The van der Waals surface area contributed by atoms with E-state index >= 15 is 0 Å². The highest BCUT2D eigenvalue weighted by Crippen LogP contribution is 2.29. The molecule has 0 aliphatic carbocycles. The third kappa shape index (κ3) is 1.90. The highest BCUT2D eigenvalue weighted by atomic mass is 35.5. The molecule has 0 amide bonds. The van der Waals surface area contributed by atoms with E-state index in [0.717, 1.165) is 17.3 Å². The molecule has 1 aromatic carbocycles. The van der Waals surface area contributed by atoms with Gasteiger partial charge in [0.1, 0.15) is 5.75 Å². The first-order chi connectivity index (χ1) is 7.24. The quantitative estimate of drug-likeness (QED) is 0.775. The molecule has 1 heterocycles. The maximum Gasteiger partial charge on any atom is 0.139 e. The van der Waals surface area contributed by atoms with Gasteiger partial charge in [0, 0.05) is 17.6 Å². The van der Waals surface area contributed by atoms with Gasteiger partial charge in [-0.05, 0) is 24.1 Å². The van der Waals surface area contributed by atoms with Gasteiger partial charge in [-0.25, -0.2) is 0 Å². The van der Waals surface area contributed by atoms with Crippen LogP contribution in [-0.2, 0) is 6.42 Å². The molecular formula is C12H12ClNO. The smallest absolute Gasteiger partial charge is 0.139 e. The van der Waals surface area contributed by atoms with Crippen LogP contribution in [0.25, 0.3) is 10.9 Å². The standard InChI is InChI=1S/C12H12ClNO/c1-3-8-4-9-5-10(13)12(15-2)6-11(9)14-7-8/h4-7H,3H2,1-2H3. The zero-order valence-corrected chi connectivity index (χ0v) is 9.51. The Morgan fingerprint density at radius 3 is 2.80 bits per heavy atom. The summed E-state index contributed by atoms with van der Waals surface area (Å²) in [4.78, 5) is 4.36. The van der Waals surface area contributed by atoms with Crippen LogP contribution in [0.4, 0.5) is 0 Å². The van der Waals surface area contributed by atoms with Gasteiger partial charge in [0.05, 0.1) is 17.6 Å². The molecule has 2 aromatic rings. The number of ether oxygens (including phenoxy) is 1. The Kier molecular flexibility index (Phi) is 2.78. The fourth-order valence-corrected chi connectivity index (χ4v) is 1.77. The van der Waals surface area contributed by atoms with Crippen molar-refractivity contribution in [3.8, 4) is 5.75 Å². The first kappa shape index (κ1) is 10.2. The number of hydrogen-bond donors (Lipinski definition) is 0. The zero-order chi connectivity index (χ0) is 10.8. The fraction of sp³-hybridized carbons (Fsp3) is 0.250. The lowest BCUT2D eigenvalue weighted by Gasteiger charge is -2.05. The number of nitrogens with zero attached hydrogens (tertiary/aromatic N) is 1. The minimum atomic E-state index is 0.625. The maximum atomic E-state index is 6.05. The molecule has 0 saturated carbocycles. The van der Waals surface area contributed by atoms with E-state index in [2.05, 4.69) is 18.0 Å². The predicted molar refractivity (Wildman–Crippen MR) is 62.7 cm³/mol. The molecule has 0 unspecified atom stereocenters. The van der Waals surface area contributed by atoms with Gasteiger partial charge < -0.3 is 4.74 Å². The third-order valence-electron chi connectivity index (χ3n) is 2.42. The van der Waals surface area contributed by atoms with Crippen LogP contribution in [0.2, 0.25) is 5.02 Å². The van der Waals surface area contributed by atoms with Gasteiger partial charge in [-0.3, -0.25) is 4.98 Å². The lowest BCUT2D eigenvalue weighted by Crippen LogP contribution is -1.88. The van der Waals surface area contributed by atoms with Crippen molar-refractivity contribution in [1.29, 1.82) is 0 Å². The van der Waals surface area contributed by atoms with Crippen molar-refractivity contribution in [2.24, 2.45) is 0 Å². The number of aryl methyl sites for hydroxylation is 1. The van der Waals surface area contributed by atoms with Crippen molar-refractivity contribution < 1.29 is 4.74 Å². The normalized spacial score (nSPS) is 10.6. The highest BCUT2D eigenvalue weighted by molar-refractivity contribution is 6.32. The zero-order valence-electron chi connectivity index (χ0n) is 8.75. The summed E-state index contributed by atoms with van der Waals surface area (Å²) >= 11 is 6.05. The molecule has 0 atom stereocenters. The van der Waals surface area contributed by atoms with Gasteiger partial charge in [-0.15, -0.1) is 0 Å². The number of aromatic nitrogens is 1. The summed E-state index contributed by atoms with van der Waals surface area (Å²) in [5, 5.41) is 1.68. The molecule has 2 nitrogen and oxygen atoms in total. The van der Waals surface area contributed by atoms with Gasteiger partial charge in [-0.2, -0.15) is 0 Å². The molecule has 0 aliphatic rings. The number of pyridine rings is 1. The van der Waals surface area contributed by atoms with Gasteiger partial charge in [0.15, 0.2) is 0 Å². The summed E-state index contributed by atoms with van der Waals surface area (Å²) in [6.45, 7) is 2.11. The fourth-order valence-electron chi connectivity index (χ4n) is 1.52. The van der Waals surface area contributed by atoms with Gasteiger partial charge in [0.25, 0.3) is 0 Å². The molecule has 0 bridgehead atoms. The van der Waals surface area contributed by atoms with Crippen molar-refractivity contribution in [1.82, 2.24) is 4.98 Å². The van der Waals surface area contributed by atoms with Crippen LogP contribution in [0, 0.1) is 0 Å². The van der Waals surface area contributed by atoms with Crippen LogP contribution in [-0.4, -0.2) is 12.1 Å². The van der Waals surface area contributed by atoms with Gasteiger partial charge >= 0.3 is 0 Å². The first-order valence-electron chi connectivity index (χ1n) is 4.86. The summed E-state index contributed by atoms with van der Waals surface area (Å²) in [6.07, 6.45) is 2.86. The Hall–Kier alpha value is -1.28. The Bertz CT molecular complexity index is 496. The molecule has 0 spiro atoms. The molecule has 3 heteroatoms. The maximum absolute atomic E-state index is 6.05. The molecule has 0 radical (unpaired) electrons. The Morgan fingerprint density at radius 2 is 2.13 bits per heavy atom. The average molecular weight is 222 g/mol. The monoisotopic (exact) mass is 221 g/mol. The third-order valence-corrected chi connectivity index (χ3v) is 2.72. The Morgan fingerprint density at radius 1 is 1.33 bits per heavy atom. The van der Waals surface area contributed by atoms with E-state index < -0.39 is 0 Å². The number of methoxy groups -OCH3 is 1. The molecule has 15 heavy (non-hydrogen) atoms. The van der Waals surface area contributed by atoms with Crippen LogP contribution >= 0.6 is 11.6 Å². The van der Waals surface area contributed by atoms with Crippen LogP contribution in [0.1, 0.15) is 12.5 Å². The van der Waals surface area contributed by atoms with E-state index in [-0.39, 0.29) is 0 Å². The van der Waals surface area contributed by atoms with Crippen LogP contribution in [0.15, 0.2) is 24.4 Å². The van der Waals surface area contributed by atoms with Crippen molar-refractivity contribution in [2.45, 2.75) is 13.3 Å².